The fraction of sp³-hybridized carbons (Fsp3) is 1.00. The Kier molecular flexibility index (Phi) is 8.51. The Morgan fingerprint density at radius 3 is 1.81 bits per heavy atom. The third-order valence-corrected chi connectivity index (χ3v) is 9.80. The second-order valence-corrected chi connectivity index (χ2v) is 14.8. The predicted molar refractivity (Wildman–Crippen MR) is 137 cm³/mol. The number of hydrogen-bond donors (Lipinski definition) is 1. The van der Waals surface area contributed by atoms with Gasteiger partial charge in [-0.15, -0.1) is 0 Å². The summed E-state index contributed by atoms with van der Waals surface area (Å²) in [5.74, 6) is 2.69. The Hall–Kier alpha value is -0.0800. The molecule has 0 bridgehead atoms. The lowest BCUT2D eigenvalue weighted by atomic mass is 9.58. The molecule has 3 fully saturated rings. The third-order valence-electron chi connectivity index (χ3n) is 9.80. The third kappa shape index (κ3) is 6.53. The summed E-state index contributed by atoms with van der Waals surface area (Å²) < 4.78 is 6.85. The van der Waals surface area contributed by atoms with Gasteiger partial charge in [0.2, 0.25) is 0 Å². The van der Waals surface area contributed by atoms with Gasteiger partial charge in [0.25, 0.3) is 0 Å². The smallest absolute Gasteiger partial charge is 0.0840 e. The molecule has 0 heterocycles. The van der Waals surface area contributed by atoms with Gasteiger partial charge in [0.05, 0.1) is 18.3 Å². The van der Waals surface area contributed by atoms with Crippen molar-refractivity contribution in [2.75, 3.05) is 0 Å². The first-order chi connectivity index (χ1) is 14.8. The van der Waals surface area contributed by atoms with E-state index < -0.39 is 0 Å². The molecule has 2 heteroatoms. The van der Waals surface area contributed by atoms with E-state index in [1.54, 1.807) is 0 Å². The molecule has 1 N–H and O–H groups in total. The maximum absolute atomic E-state index is 11.3. The number of ether oxygens (including phenoxy) is 1. The van der Waals surface area contributed by atoms with Crippen molar-refractivity contribution in [2.24, 2.45) is 39.9 Å². The first-order valence-corrected chi connectivity index (χ1v) is 14.1. The first kappa shape index (κ1) is 26.5. The van der Waals surface area contributed by atoms with Crippen molar-refractivity contribution in [2.45, 2.75) is 151 Å². The van der Waals surface area contributed by atoms with Gasteiger partial charge in [0.15, 0.2) is 0 Å². The zero-order chi connectivity index (χ0) is 23.7. The molecule has 6 unspecified atom stereocenters. The van der Waals surface area contributed by atoms with Crippen LogP contribution in [0.25, 0.3) is 0 Å². The largest absolute Gasteiger partial charge is 0.390 e. The molecule has 0 radical (unpaired) electrons. The predicted octanol–water partition coefficient (Wildman–Crippen LogP) is 8.41. The molecule has 3 saturated carbocycles. The van der Waals surface area contributed by atoms with Crippen LogP contribution in [-0.4, -0.2) is 23.4 Å². The second kappa shape index (κ2) is 10.3. The lowest BCUT2D eigenvalue weighted by Crippen LogP contribution is -2.49. The Morgan fingerprint density at radius 1 is 0.656 bits per heavy atom. The van der Waals surface area contributed by atoms with E-state index in [-0.39, 0.29) is 23.0 Å². The van der Waals surface area contributed by atoms with Gasteiger partial charge in [-0.05, 0) is 84.9 Å². The van der Waals surface area contributed by atoms with Crippen molar-refractivity contribution in [1.29, 1.82) is 0 Å². The Bertz CT molecular complexity index is 575. The van der Waals surface area contributed by atoms with E-state index in [2.05, 4.69) is 55.4 Å². The minimum atomic E-state index is -0.302. The van der Waals surface area contributed by atoms with Crippen molar-refractivity contribution < 1.29 is 9.84 Å². The number of hydrogen-bond acceptors (Lipinski definition) is 2. The van der Waals surface area contributed by atoms with Gasteiger partial charge in [-0.2, -0.15) is 0 Å². The van der Waals surface area contributed by atoms with Crippen LogP contribution in [0.1, 0.15) is 132 Å². The van der Waals surface area contributed by atoms with Crippen LogP contribution in [0.5, 0.6) is 0 Å². The molecule has 3 rings (SSSR count). The van der Waals surface area contributed by atoms with Gasteiger partial charge in [-0.25, -0.2) is 0 Å². The molecule has 32 heavy (non-hydrogen) atoms. The van der Waals surface area contributed by atoms with Crippen LogP contribution in [0.2, 0.25) is 0 Å². The van der Waals surface area contributed by atoms with E-state index in [1.165, 1.54) is 64.2 Å². The highest BCUT2D eigenvalue weighted by atomic mass is 16.5. The zero-order valence-electron chi connectivity index (χ0n) is 22.9. The minimum absolute atomic E-state index is 0.0150. The summed E-state index contributed by atoms with van der Waals surface area (Å²) in [5, 5.41) is 11.3. The van der Waals surface area contributed by atoms with Gasteiger partial charge in [0.1, 0.15) is 0 Å². The lowest BCUT2D eigenvalue weighted by molar-refractivity contribution is -0.162. The SMILES string of the molecule is CC(C)(C)C1CC(OC2CCCCC2C(C)(C)C)C(O)CC1CC(C)(C)C1CCCCC1. The normalized spacial score (nSPS) is 36.3. The van der Waals surface area contributed by atoms with Crippen LogP contribution in [0.15, 0.2) is 0 Å². The molecular weight excluding hydrogens is 392 g/mol. The molecule has 188 valence electrons. The van der Waals surface area contributed by atoms with Crippen molar-refractivity contribution >= 4 is 0 Å². The molecule has 3 aliphatic carbocycles. The standard InChI is InChI=1S/C30H56O2/c1-28(2,3)23-16-12-13-17-26(23)32-27-19-24(29(4,5)6)21(18-25(27)31)20-30(7,8)22-14-10-9-11-15-22/h21-27,31H,9-20H2,1-8H3. The maximum Gasteiger partial charge on any atom is 0.0840 e. The Labute approximate surface area is 200 Å². The van der Waals surface area contributed by atoms with Crippen LogP contribution < -0.4 is 0 Å². The molecule has 6 atom stereocenters. The van der Waals surface area contributed by atoms with Gasteiger partial charge in [-0.3, -0.25) is 0 Å². The average molecular weight is 449 g/mol. The highest BCUT2D eigenvalue weighted by Crippen LogP contribution is 2.51. The summed E-state index contributed by atoms with van der Waals surface area (Å²) in [4.78, 5) is 0. The highest BCUT2D eigenvalue weighted by molar-refractivity contribution is 4.96. The van der Waals surface area contributed by atoms with Crippen molar-refractivity contribution in [3.63, 3.8) is 0 Å². The van der Waals surface area contributed by atoms with Gasteiger partial charge >= 0.3 is 0 Å². The van der Waals surface area contributed by atoms with Gasteiger partial charge in [-0.1, -0.05) is 87.5 Å². The van der Waals surface area contributed by atoms with Crippen molar-refractivity contribution in [3.8, 4) is 0 Å². The van der Waals surface area contributed by atoms with Crippen LogP contribution in [0.4, 0.5) is 0 Å². The Balaban J connectivity index is 1.71. The quantitative estimate of drug-likeness (QED) is 0.457. The van der Waals surface area contributed by atoms with E-state index in [0.29, 0.717) is 29.3 Å². The van der Waals surface area contributed by atoms with E-state index in [1.807, 2.05) is 0 Å². The van der Waals surface area contributed by atoms with Gasteiger partial charge in [0, 0.05) is 0 Å². The maximum atomic E-state index is 11.3. The molecule has 0 aromatic heterocycles. The summed E-state index contributed by atoms with van der Waals surface area (Å²) in [6.45, 7) is 19.4. The molecule has 2 nitrogen and oxygen atoms in total. The molecule has 3 aliphatic rings. The highest BCUT2D eigenvalue weighted by Gasteiger charge is 2.46. The summed E-state index contributed by atoms with van der Waals surface area (Å²) in [6, 6.07) is 0. The number of rotatable bonds is 5. The second-order valence-electron chi connectivity index (χ2n) is 14.8. The zero-order valence-corrected chi connectivity index (χ0v) is 22.9. The molecular formula is C30H56O2. The van der Waals surface area contributed by atoms with Crippen LogP contribution in [-0.2, 0) is 4.74 Å². The summed E-state index contributed by atoms with van der Waals surface area (Å²) >= 11 is 0. The lowest BCUT2D eigenvalue weighted by Gasteiger charge is -2.50. The van der Waals surface area contributed by atoms with E-state index in [9.17, 15) is 5.11 Å². The first-order valence-electron chi connectivity index (χ1n) is 14.1. The molecule has 0 aliphatic heterocycles. The number of aliphatic hydroxyl groups is 1. The Morgan fingerprint density at radius 2 is 1.22 bits per heavy atom. The average Bonchev–Trinajstić information content (AvgIpc) is 2.69. The van der Waals surface area contributed by atoms with E-state index >= 15 is 0 Å². The van der Waals surface area contributed by atoms with Crippen LogP contribution in [0, 0.1) is 39.9 Å². The minimum Gasteiger partial charge on any atom is -0.390 e. The van der Waals surface area contributed by atoms with Crippen LogP contribution >= 0.6 is 0 Å². The van der Waals surface area contributed by atoms with Crippen molar-refractivity contribution in [1.82, 2.24) is 0 Å². The topological polar surface area (TPSA) is 29.5 Å². The monoisotopic (exact) mass is 448 g/mol. The molecule has 0 aromatic rings. The fourth-order valence-electron chi connectivity index (χ4n) is 7.86. The fourth-order valence-corrected chi connectivity index (χ4v) is 7.86. The van der Waals surface area contributed by atoms with Crippen LogP contribution in [0.3, 0.4) is 0 Å². The molecule has 0 aromatic carbocycles. The summed E-state index contributed by atoms with van der Waals surface area (Å²) in [6.07, 6.45) is 15.4. The number of aliphatic hydroxyl groups excluding tert-OH is 1. The van der Waals surface area contributed by atoms with E-state index in [4.69, 9.17) is 4.74 Å². The summed E-state index contributed by atoms with van der Waals surface area (Å²) in [7, 11) is 0. The molecule has 0 amide bonds. The van der Waals surface area contributed by atoms with E-state index in [0.717, 1.165) is 18.8 Å². The van der Waals surface area contributed by atoms with Crippen molar-refractivity contribution in [3.05, 3.63) is 0 Å². The van der Waals surface area contributed by atoms with Gasteiger partial charge < -0.3 is 9.84 Å². The summed E-state index contributed by atoms with van der Waals surface area (Å²) in [5.41, 5.74) is 0.911. The molecule has 0 saturated heterocycles. The molecule has 0 spiro atoms.